The Hall–Kier alpha value is -1.02. The average molecular weight is 180 g/mol. The van der Waals surface area contributed by atoms with E-state index in [9.17, 15) is 5.11 Å². The number of hydrogen-bond acceptors (Lipinski definition) is 2. The lowest BCUT2D eigenvalue weighted by molar-refractivity contribution is 0.135. The Kier molecular flexibility index (Phi) is 4.33. The van der Waals surface area contributed by atoms with Crippen molar-refractivity contribution in [3.63, 3.8) is 0 Å². The van der Waals surface area contributed by atoms with Gasteiger partial charge in [0.15, 0.2) is 0 Å². The smallest absolute Gasteiger partial charge is 0.119 e. The number of benzene rings is 1. The predicted octanol–water partition coefficient (Wildman–Crippen LogP) is 2.23. The SMILES string of the molecule is CC[C@@H](O)CCOc1ccccc1. The minimum Gasteiger partial charge on any atom is -0.493 e. The molecule has 0 heterocycles. The molecular weight excluding hydrogens is 164 g/mol. The van der Waals surface area contributed by atoms with Crippen LogP contribution in [0, 0.1) is 0 Å². The van der Waals surface area contributed by atoms with Crippen molar-refractivity contribution in [3.8, 4) is 5.75 Å². The van der Waals surface area contributed by atoms with Gasteiger partial charge < -0.3 is 9.84 Å². The first-order valence-corrected chi connectivity index (χ1v) is 4.69. The predicted molar refractivity (Wildman–Crippen MR) is 52.9 cm³/mol. The minimum absolute atomic E-state index is 0.233. The zero-order valence-electron chi connectivity index (χ0n) is 7.94. The van der Waals surface area contributed by atoms with Crippen molar-refractivity contribution < 1.29 is 9.84 Å². The van der Waals surface area contributed by atoms with Gasteiger partial charge in [0.2, 0.25) is 0 Å². The van der Waals surface area contributed by atoms with E-state index in [2.05, 4.69) is 0 Å². The largest absolute Gasteiger partial charge is 0.493 e. The third-order valence-corrected chi connectivity index (χ3v) is 1.93. The maximum absolute atomic E-state index is 9.26. The quantitative estimate of drug-likeness (QED) is 0.753. The minimum atomic E-state index is -0.233. The molecule has 0 bridgehead atoms. The van der Waals surface area contributed by atoms with E-state index in [4.69, 9.17) is 4.74 Å². The van der Waals surface area contributed by atoms with Crippen LogP contribution in [-0.2, 0) is 0 Å². The standard InChI is InChI=1S/C11H16O2/c1-2-10(12)8-9-13-11-6-4-3-5-7-11/h3-7,10,12H,2,8-9H2,1H3/t10-/m1/s1. The number of hydrogen-bond donors (Lipinski definition) is 1. The van der Waals surface area contributed by atoms with Crippen molar-refractivity contribution in [1.29, 1.82) is 0 Å². The van der Waals surface area contributed by atoms with Crippen LogP contribution in [-0.4, -0.2) is 17.8 Å². The molecule has 1 atom stereocenters. The van der Waals surface area contributed by atoms with Crippen LogP contribution in [0.1, 0.15) is 19.8 Å². The summed E-state index contributed by atoms with van der Waals surface area (Å²) in [6, 6.07) is 9.65. The third-order valence-electron chi connectivity index (χ3n) is 1.93. The Bertz CT molecular complexity index is 221. The van der Waals surface area contributed by atoms with Crippen molar-refractivity contribution in [1.82, 2.24) is 0 Å². The molecule has 0 aliphatic heterocycles. The van der Waals surface area contributed by atoms with Crippen molar-refractivity contribution in [3.05, 3.63) is 30.3 Å². The molecule has 2 nitrogen and oxygen atoms in total. The molecule has 0 spiro atoms. The lowest BCUT2D eigenvalue weighted by Gasteiger charge is -2.08. The molecule has 0 aliphatic carbocycles. The first-order valence-electron chi connectivity index (χ1n) is 4.69. The van der Waals surface area contributed by atoms with Crippen LogP contribution >= 0.6 is 0 Å². The summed E-state index contributed by atoms with van der Waals surface area (Å²) < 4.78 is 5.42. The van der Waals surface area contributed by atoms with E-state index in [0.717, 1.165) is 12.2 Å². The Labute approximate surface area is 79.2 Å². The highest BCUT2D eigenvalue weighted by atomic mass is 16.5. The summed E-state index contributed by atoms with van der Waals surface area (Å²) in [6.45, 7) is 2.55. The van der Waals surface area contributed by atoms with Gasteiger partial charge in [-0.2, -0.15) is 0 Å². The molecule has 1 rings (SSSR count). The normalized spacial score (nSPS) is 12.5. The molecule has 0 saturated heterocycles. The lowest BCUT2D eigenvalue weighted by Crippen LogP contribution is -2.10. The second-order valence-electron chi connectivity index (χ2n) is 3.01. The fraction of sp³-hybridized carbons (Fsp3) is 0.455. The van der Waals surface area contributed by atoms with Crippen LogP contribution in [0.5, 0.6) is 5.75 Å². The van der Waals surface area contributed by atoms with Gasteiger partial charge in [-0.3, -0.25) is 0 Å². The maximum Gasteiger partial charge on any atom is 0.119 e. The monoisotopic (exact) mass is 180 g/mol. The van der Waals surface area contributed by atoms with Crippen molar-refractivity contribution in [2.75, 3.05) is 6.61 Å². The summed E-state index contributed by atoms with van der Waals surface area (Å²) in [5, 5.41) is 9.26. The van der Waals surface area contributed by atoms with Gasteiger partial charge in [-0.05, 0) is 18.6 Å². The van der Waals surface area contributed by atoms with Crippen molar-refractivity contribution >= 4 is 0 Å². The molecular formula is C11H16O2. The fourth-order valence-electron chi connectivity index (χ4n) is 1.03. The van der Waals surface area contributed by atoms with E-state index < -0.39 is 0 Å². The van der Waals surface area contributed by atoms with E-state index in [1.807, 2.05) is 37.3 Å². The Morgan fingerprint density at radius 1 is 1.31 bits per heavy atom. The molecule has 2 heteroatoms. The number of aliphatic hydroxyl groups excluding tert-OH is 1. The van der Waals surface area contributed by atoms with Gasteiger partial charge in [-0.1, -0.05) is 25.1 Å². The van der Waals surface area contributed by atoms with E-state index in [0.29, 0.717) is 13.0 Å². The van der Waals surface area contributed by atoms with Gasteiger partial charge in [0, 0.05) is 6.42 Å². The zero-order valence-corrected chi connectivity index (χ0v) is 7.94. The molecule has 1 aromatic rings. The molecule has 72 valence electrons. The molecule has 0 amide bonds. The van der Waals surface area contributed by atoms with Gasteiger partial charge in [-0.25, -0.2) is 0 Å². The van der Waals surface area contributed by atoms with Crippen LogP contribution in [0.25, 0.3) is 0 Å². The van der Waals surface area contributed by atoms with Crippen molar-refractivity contribution in [2.24, 2.45) is 0 Å². The van der Waals surface area contributed by atoms with Crippen LogP contribution < -0.4 is 4.74 Å². The van der Waals surface area contributed by atoms with E-state index in [1.165, 1.54) is 0 Å². The summed E-state index contributed by atoms with van der Waals surface area (Å²) >= 11 is 0. The Balaban J connectivity index is 2.20. The third kappa shape index (κ3) is 3.95. The summed E-state index contributed by atoms with van der Waals surface area (Å²) in [5.41, 5.74) is 0. The van der Waals surface area contributed by atoms with Gasteiger partial charge >= 0.3 is 0 Å². The van der Waals surface area contributed by atoms with Gasteiger partial charge in [0.25, 0.3) is 0 Å². The zero-order chi connectivity index (χ0) is 9.52. The highest BCUT2D eigenvalue weighted by molar-refractivity contribution is 5.20. The van der Waals surface area contributed by atoms with Crippen molar-refractivity contribution in [2.45, 2.75) is 25.9 Å². The number of rotatable bonds is 5. The van der Waals surface area contributed by atoms with Gasteiger partial charge in [0.1, 0.15) is 5.75 Å². The molecule has 13 heavy (non-hydrogen) atoms. The van der Waals surface area contributed by atoms with Gasteiger partial charge in [-0.15, -0.1) is 0 Å². The number of para-hydroxylation sites is 1. The molecule has 0 saturated carbocycles. The summed E-state index contributed by atoms with van der Waals surface area (Å²) in [4.78, 5) is 0. The van der Waals surface area contributed by atoms with Gasteiger partial charge in [0.05, 0.1) is 12.7 Å². The topological polar surface area (TPSA) is 29.5 Å². The Morgan fingerprint density at radius 3 is 2.62 bits per heavy atom. The molecule has 0 aliphatic rings. The van der Waals surface area contributed by atoms with Crippen LogP contribution in [0.2, 0.25) is 0 Å². The summed E-state index contributed by atoms with van der Waals surface area (Å²) in [7, 11) is 0. The van der Waals surface area contributed by atoms with Crippen LogP contribution in [0.3, 0.4) is 0 Å². The molecule has 0 unspecified atom stereocenters. The maximum atomic E-state index is 9.26. The van der Waals surface area contributed by atoms with E-state index >= 15 is 0 Å². The highest BCUT2D eigenvalue weighted by Crippen LogP contribution is 2.09. The average Bonchev–Trinajstić information content (AvgIpc) is 2.19. The second kappa shape index (κ2) is 5.60. The lowest BCUT2D eigenvalue weighted by atomic mass is 10.2. The number of aliphatic hydroxyl groups is 1. The molecule has 0 fully saturated rings. The fourth-order valence-corrected chi connectivity index (χ4v) is 1.03. The van der Waals surface area contributed by atoms with Crippen LogP contribution in [0.15, 0.2) is 30.3 Å². The first kappa shape index (κ1) is 10.1. The summed E-state index contributed by atoms with van der Waals surface area (Å²) in [6.07, 6.45) is 1.26. The molecule has 1 aromatic carbocycles. The van der Waals surface area contributed by atoms with E-state index in [-0.39, 0.29) is 6.10 Å². The second-order valence-corrected chi connectivity index (χ2v) is 3.01. The highest BCUT2D eigenvalue weighted by Gasteiger charge is 2.00. The summed E-state index contributed by atoms with van der Waals surface area (Å²) in [5.74, 6) is 0.866. The van der Waals surface area contributed by atoms with Crippen LogP contribution in [0.4, 0.5) is 0 Å². The first-order chi connectivity index (χ1) is 6.33. The molecule has 1 N–H and O–H groups in total. The van der Waals surface area contributed by atoms with E-state index in [1.54, 1.807) is 0 Å². The molecule has 0 aromatic heterocycles. The Morgan fingerprint density at radius 2 is 2.00 bits per heavy atom. The molecule has 0 radical (unpaired) electrons. The number of ether oxygens (including phenoxy) is 1.